The molecule has 0 unspecified atom stereocenters. The Morgan fingerprint density at radius 1 is 0.829 bits per heavy atom. The Morgan fingerprint density at radius 3 is 2.37 bits per heavy atom. The second-order valence-electron chi connectivity index (χ2n) is 10.2. The molecule has 2 aromatic heterocycles. The predicted octanol–water partition coefficient (Wildman–Crippen LogP) is 7.68. The van der Waals surface area contributed by atoms with E-state index in [-0.39, 0.29) is 23.3 Å². The molecule has 0 fully saturated rings. The van der Waals surface area contributed by atoms with Crippen LogP contribution in [0, 0.1) is 5.82 Å². The van der Waals surface area contributed by atoms with Gasteiger partial charge in [0.2, 0.25) is 0 Å². The fraction of sp³-hybridized carbons (Fsp3) is 0.0857. The number of hydrogen-bond donors (Lipinski definition) is 2. The van der Waals surface area contributed by atoms with Gasteiger partial charge in [-0.1, -0.05) is 72.8 Å². The molecule has 4 aromatic carbocycles. The Kier molecular flexibility index (Phi) is 6.81. The van der Waals surface area contributed by atoms with Crippen molar-refractivity contribution < 1.29 is 19.1 Å². The van der Waals surface area contributed by atoms with Gasteiger partial charge in [0, 0.05) is 23.0 Å². The fourth-order valence-corrected chi connectivity index (χ4v) is 5.30. The van der Waals surface area contributed by atoms with Crippen LogP contribution in [-0.2, 0) is 6.42 Å². The summed E-state index contributed by atoms with van der Waals surface area (Å²) in [6.45, 7) is 1.87. The molecule has 0 spiro atoms. The van der Waals surface area contributed by atoms with E-state index in [9.17, 15) is 19.1 Å². The van der Waals surface area contributed by atoms with Crippen molar-refractivity contribution in [3.63, 3.8) is 0 Å². The van der Waals surface area contributed by atoms with Gasteiger partial charge in [0.15, 0.2) is 0 Å². The minimum atomic E-state index is -0.995. The van der Waals surface area contributed by atoms with Gasteiger partial charge in [0.1, 0.15) is 11.5 Å². The van der Waals surface area contributed by atoms with E-state index in [1.165, 1.54) is 18.2 Å². The maximum atomic E-state index is 14.2. The molecule has 0 bridgehead atoms. The third-order valence-electron chi connectivity index (χ3n) is 7.45. The van der Waals surface area contributed by atoms with Gasteiger partial charge in [0.05, 0.1) is 11.6 Å². The first-order valence-corrected chi connectivity index (χ1v) is 13.4. The first-order chi connectivity index (χ1) is 19.9. The van der Waals surface area contributed by atoms with E-state index in [0.29, 0.717) is 17.5 Å². The number of amides is 1. The molecule has 0 radical (unpaired) electrons. The Bertz CT molecular complexity index is 1910. The molecule has 202 valence electrons. The van der Waals surface area contributed by atoms with E-state index in [2.05, 4.69) is 11.4 Å². The lowest BCUT2D eigenvalue weighted by molar-refractivity contribution is 0.0696. The van der Waals surface area contributed by atoms with E-state index in [1.807, 2.05) is 78.1 Å². The van der Waals surface area contributed by atoms with Crippen LogP contribution in [0.3, 0.4) is 0 Å². The molecule has 0 saturated heterocycles. The van der Waals surface area contributed by atoms with Gasteiger partial charge >= 0.3 is 5.97 Å². The highest BCUT2D eigenvalue weighted by Gasteiger charge is 2.19. The number of fused-ring (bicyclic) bond motifs is 2. The zero-order chi connectivity index (χ0) is 28.5. The molecule has 0 aliphatic rings. The molecule has 6 rings (SSSR count). The predicted molar refractivity (Wildman–Crippen MR) is 159 cm³/mol. The van der Waals surface area contributed by atoms with Crippen molar-refractivity contribution in [3.05, 3.63) is 149 Å². The second kappa shape index (κ2) is 10.7. The van der Waals surface area contributed by atoms with Crippen molar-refractivity contribution in [2.75, 3.05) is 0 Å². The van der Waals surface area contributed by atoms with Crippen LogP contribution in [0.1, 0.15) is 50.6 Å². The van der Waals surface area contributed by atoms with E-state index >= 15 is 0 Å². The molecular weight excluding hydrogens is 515 g/mol. The van der Waals surface area contributed by atoms with Crippen LogP contribution in [0.5, 0.6) is 0 Å². The van der Waals surface area contributed by atoms with Crippen molar-refractivity contribution in [3.8, 4) is 11.1 Å². The topological polar surface area (TPSA) is 70.8 Å². The highest BCUT2D eigenvalue weighted by atomic mass is 19.1. The molecule has 6 aromatic rings. The van der Waals surface area contributed by atoms with Crippen LogP contribution in [0.25, 0.3) is 27.4 Å². The van der Waals surface area contributed by atoms with Crippen molar-refractivity contribution in [2.45, 2.75) is 19.4 Å². The van der Waals surface area contributed by atoms with Crippen molar-refractivity contribution in [1.29, 1.82) is 0 Å². The number of hydrogen-bond acceptors (Lipinski definition) is 2. The molecule has 2 N–H and O–H groups in total. The summed E-state index contributed by atoms with van der Waals surface area (Å²) in [5.74, 6) is -1.49. The molecule has 0 aliphatic carbocycles. The number of aromatic nitrogens is 1. The lowest BCUT2D eigenvalue weighted by Crippen LogP contribution is -2.28. The molecule has 0 saturated carbocycles. The van der Waals surface area contributed by atoms with Gasteiger partial charge in [-0.15, -0.1) is 0 Å². The van der Waals surface area contributed by atoms with Crippen LogP contribution < -0.4 is 5.32 Å². The highest BCUT2D eigenvalue weighted by molar-refractivity contribution is 5.96. The Morgan fingerprint density at radius 2 is 1.61 bits per heavy atom. The van der Waals surface area contributed by atoms with E-state index in [4.69, 9.17) is 0 Å². The number of benzene rings is 4. The SMILES string of the molecule is C[C@H](NC(=O)c1cc(-c2ccccc2)cc2ccc(Cc3ccc4c(F)cccc4c3)n12)c1ccc(C(=O)O)cc1. The number of carboxylic acids is 1. The fourth-order valence-electron chi connectivity index (χ4n) is 5.30. The zero-order valence-electron chi connectivity index (χ0n) is 22.3. The normalized spacial score (nSPS) is 12.0. The minimum absolute atomic E-state index is 0.193. The largest absolute Gasteiger partial charge is 0.478 e. The van der Waals surface area contributed by atoms with Gasteiger partial charge < -0.3 is 14.8 Å². The summed E-state index contributed by atoms with van der Waals surface area (Å²) < 4.78 is 16.2. The van der Waals surface area contributed by atoms with Crippen molar-refractivity contribution >= 4 is 28.2 Å². The van der Waals surface area contributed by atoms with E-state index in [1.54, 1.807) is 24.3 Å². The molecule has 1 atom stereocenters. The Hall–Kier alpha value is -5.23. The lowest BCUT2D eigenvalue weighted by atomic mass is 10.0. The average Bonchev–Trinajstić information content (AvgIpc) is 3.39. The summed E-state index contributed by atoms with van der Waals surface area (Å²) >= 11 is 0. The number of carboxylic acid groups (broad SMARTS) is 1. The first kappa shape index (κ1) is 26.0. The van der Waals surface area contributed by atoms with Gasteiger partial charge in [0.25, 0.3) is 5.91 Å². The zero-order valence-corrected chi connectivity index (χ0v) is 22.3. The lowest BCUT2D eigenvalue weighted by Gasteiger charge is -2.18. The van der Waals surface area contributed by atoms with Crippen LogP contribution in [0.2, 0.25) is 0 Å². The van der Waals surface area contributed by atoms with E-state index < -0.39 is 5.97 Å². The molecule has 6 heteroatoms. The number of rotatable bonds is 7. The van der Waals surface area contributed by atoms with Crippen molar-refractivity contribution in [2.24, 2.45) is 0 Å². The van der Waals surface area contributed by atoms with Gasteiger partial charge in [-0.05, 0) is 77.0 Å². The number of halogens is 1. The molecular formula is C35H27FN2O3. The molecule has 5 nitrogen and oxygen atoms in total. The number of aromatic carboxylic acids is 1. The monoisotopic (exact) mass is 542 g/mol. The Labute approximate surface area is 236 Å². The van der Waals surface area contributed by atoms with E-state index in [0.717, 1.165) is 38.9 Å². The maximum absolute atomic E-state index is 14.2. The smallest absolute Gasteiger partial charge is 0.335 e. The van der Waals surface area contributed by atoms with Gasteiger partial charge in [-0.2, -0.15) is 0 Å². The quantitative estimate of drug-likeness (QED) is 0.217. The number of pyridine rings is 1. The number of nitrogens with zero attached hydrogens (tertiary/aromatic N) is 1. The third-order valence-corrected chi connectivity index (χ3v) is 7.45. The molecule has 2 heterocycles. The number of carbonyl (C=O) groups excluding carboxylic acids is 1. The first-order valence-electron chi connectivity index (χ1n) is 13.4. The van der Waals surface area contributed by atoms with Crippen LogP contribution >= 0.6 is 0 Å². The maximum Gasteiger partial charge on any atom is 0.335 e. The third kappa shape index (κ3) is 5.20. The number of nitrogens with one attached hydrogen (secondary N) is 1. The summed E-state index contributed by atoms with van der Waals surface area (Å²) in [6, 6.07) is 34.8. The second-order valence-corrected chi connectivity index (χ2v) is 10.2. The van der Waals surface area contributed by atoms with Crippen LogP contribution in [0.15, 0.2) is 115 Å². The average molecular weight is 543 g/mol. The summed E-state index contributed by atoms with van der Waals surface area (Å²) in [5.41, 5.74) is 6.23. The van der Waals surface area contributed by atoms with Gasteiger partial charge in [-0.3, -0.25) is 4.79 Å². The number of carbonyl (C=O) groups is 2. The Balaban J connectivity index is 1.39. The van der Waals surface area contributed by atoms with Crippen LogP contribution in [-0.4, -0.2) is 21.4 Å². The summed E-state index contributed by atoms with van der Waals surface area (Å²) in [4.78, 5) is 25.1. The standard InChI is InChI=1S/C35H27FN2O3/c1-22(24-11-13-26(14-12-24)35(40)41)37-34(39)33-21-28(25-6-3-2-4-7-25)20-30-16-15-29(38(30)33)19-23-10-17-31-27(18-23)8-5-9-32(31)36/h2-18,20-22H,19H2,1H3,(H,37,39)(H,40,41)/t22-/m0/s1. The molecule has 41 heavy (non-hydrogen) atoms. The molecule has 1 amide bonds. The summed E-state index contributed by atoms with van der Waals surface area (Å²) in [6.07, 6.45) is 0.553. The molecule has 0 aliphatic heterocycles. The highest BCUT2D eigenvalue weighted by Crippen LogP contribution is 2.27. The van der Waals surface area contributed by atoms with Crippen molar-refractivity contribution in [1.82, 2.24) is 9.72 Å². The summed E-state index contributed by atoms with van der Waals surface area (Å²) in [5, 5.41) is 13.7. The van der Waals surface area contributed by atoms with Gasteiger partial charge in [-0.25, -0.2) is 9.18 Å². The minimum Gasteiger partial charge on any atom is -0.478 e. The summed E-state index contributed by atoms with van der Waals surface area (Å²) in [7, 11) is 0. The van der Waals surface area contributed by atoms with Crippen LogP contribution in [0.4, 0.5) is 4.39 Å².